The Morgan fingerprint density at radius 2 is 2.29 bits per heavy atom. The van der Waals surface area contributed by atoms with Crippen molar-refractivity contribution in [3.8, 4) is 0 Å². The van der Waals surface area contributed by atoms with Gasteiger partial charge in [-0.05, 0) is 39.2 Å². The minimum Gasteiger partial charge on any atom is -0.465 e. The van der Waals surface area contributed by atoms with Gasteiger partial charge in [-0.1, -0.05) is 0 Å². The highest BCUT2D eigenvalue weighted by molar-refractivity contribution is 5.75. The van der Waals surface area contributed by atoms with Crippen molar-refractivity contribution in [3.05, 3.63) is 0 Å². The second-order valence-corrected chi connectivity index (χ2v) is 3.87. The lowest BCUT2D eigenvalue weighted by Crippen LogP contribution is -2.42. The summed E-state index contributed by atoms with van der Waals surface area (Å²) >= 11 is 0. The predicted octanol–water partition coefficient (Wildman–Crippen LogP) is 0.298. The van der Waals surface area contributed by atoms with Crippen LogP contribution < -0.4 is 5.32 Å². The molecule has 2 N–H and O–H groups in total. The first kappa shape index (κ1) is 11.5. The Morgan fingerprint density at radius 1 is 1.64 bits per heavy atom. The lowest BCUT2D eigenvalue weighted by atomic mass is 9.82. The van der Waals surface area contributed by atoms with Crippen LogP contribution in [0.15, 0.2) is 0 Å². The molecule has 1 aliphatic rings. The van der Waals surface area contributed by atoms with Crippen molar-refractivity contribution in [2.75, 3.05) is 13.2 Å². The van der Waals surface area contributed by atoms with Crippen molar-refractivity contribution in [1.29, 1.82) is 0 Å². The van der Waals surface area contributed by atoms with Gasteiger partial charge in [-0.3, -0.25) is 4.79 Å². The number of hydrogen-bond acceptors (Lipinski definition) is 4. The zero-order valence-electron chi connectivity index (χ0n) is 8.82. The second kappa shape index (κ2) is 5.32. The minimum absolute atomic E-state index is 0.125. The van der Waals surface area contributed by atoms with E-state index >= 15 is 0 Å². The first-order valence-corrected chi connectivity index (χ1v) is 5.21. The largest absolute Gasteiger partial charge is 0.465 e. The monoisotopic (exact) mass is 201 g/mol. The van der Waals surface area contributed by atoms with E-state index in [4.69, 9.17) is 9.84 Å². The van der Waals surface area contributed by atoms with E-state index in [1.54, 1.807) is 13.8 Å². The van der Waals surface area contributed by atoms with Gasteiger partial charge in [-0.25, -0.2) is 0 Å². The zero-order valence-corrected chi connectivity index (χ0v) is 8.82. The van der Waals surface area contributed by atoms with E-state index in [1.807, 2.05) is 0 Å². The molecule has 1 saturated carbocycles. The van der Waals surface area contributed by atoms with Crippen molar-refractivity contribution >= 4 is 5.97 Å². The highest BCUT2D eigenvalue weighted by atomic mass is 16.5. The molecule has 0 aliphatic heterocycles. The third kappa shape index (κ3) is 3.27. The van der Waals surface area contributed by atoms with Crippen LogP contribution in [0.4, 0.5) is 0 Å². The molecule has 1 fully saturated rings. The standard InChI is InChI=1S/C10H19NO3/c1-3-14-10(13)7(2)11-6-8-4-9(12)5-8/h7-9,11-12H,3-6H2,1-2H3. The van der Waals surface area contributed by atoms with Gasteiger partial charge in [0.05, 0.1) is 12.7 Å². The molecule has 0 aromatic rings. The molecule has 0 heterocycles. The Labute approximate surface area is 84.6 Å². The van der Waals surface area contributed by atoms with Gasteiger partial charge >= 0.3 is 5.97 Å². The van der Waals surface area contributed by atoms with Crippen LogP contribution in [0.5, 0.6) is 0 Å². The fraction of sp³-hybridized carbons (Fsp3) is 0.900. The average molecular weight is 201 g/mol. The lowest BCUT2D eigenvalue weighted by molar-refractivity contribution is -0.145. The second-order valence-electron chi connectivity index (χ2n) is 3.87. The van der Waals surface area contributed by atoms with E-state index in [0.717, 1.165) is 19.4 Å². The summed E-state index contributed by atoms with van der Waals surface area (Å²) in [4.78, 5) is 11.2. The van der Waals surface area contributed by atoms with Gasteiger partial charge in [-0.15, -0.1) is 0 Å². The van der Waals surface area contributed by atoms with Gasteiger partial charge in [0.2, 0.25) is 0 Å². The van der Waals surface area contributed by atoms with Crippen LogP contribution in [-0.4, -0.2) is 36.4 Å². The fourth-order valence-electron chi connectivity index (χ4n) is 1.56. The molecule has 1 rings (SSSR count). The molecule has 0 aromatic heterocycles. The van der Waals surface area contributed by atoms with E-state index in [-0.39, 0.29) is 18.1 Å². The summed E-state index contributed by atoms with van der Waals surface area (Å²) in [5, 5.41) is 12.2. The molecule has 82 valence electrons. The first-order chi connectivity index (χ1) is 6.63. The molecule has 4 heteroatoms. The van der Waals surface area contributed by atoms with Crippen LogP contribution in [0.1, 0.15) is 26.7 Å². The van der Waals surface area contributed by atoms with E-state index in [1.165, 1.54) is 0 Å². The van der Waals surface area contributed by atoms with Crippen molar-refractivity contribution < 1.29 is 14.6 Å². The summed E-state index contributed by atoms with van der Waals surface area (Å²) in [6, 6.07) is -0.243. The van der Waals surface area contributed by atoms with Crippen LogP contribution in [0, 0.1) is 5.92 Å². The van der Waals surface area contributed by atoms with Crippen LogP contribution in [0.25, 0.3) is 0 Å². The number of carbonyl (C=O) groups is 1. The molecule has 14 heavy (non-hydrogen) atoms. The fourth-order valence-corrected chi connectivity index (χ4v) is 1.56. The summed E-state index contributed by atoms with van der Waals surface area (Å²) in [6.45, 7) is 4.81. The number of nitrogens with one attached hydrogen (secondary N) is 1. The molecule has 1 atom stereocenters. The Bertz CT molecular complexity index is 190. The molecule has 1 aliphatic carbocycles. The van der Waals surface area contributed by atoms with Crippen molar-refractivity contribution in [3.63, 3.8) is 0 Å². The Kier molecular flexibility index (Phi) is 4.35. The van der Waals surface area contributed by atoms with Crippen LogP contribution in [-0.2, 0) is 9.53 Å². The summed E-state index contributed by atoms with van der Waals surface area (Å²) in [7, 11) is 0. The van der Waals surface area contributed by atoms with Gasteiger partial charge < -0.3 is 15.2 Å². The smallest absolute Gasteiger partial charge is 0.322 e. The van der Waals surface area contributed by atoms with E-state index in [2.05, 4.69) is 5.32 Å². The molecular formula is C10H19NO3. The summed E-state index contributed by atoms with van der Waals surface area (Å²) < 4.78 is 4.86. The third-order valence-electron chi connectivity index (χ3n) is 2.56. The van der Waals surface area contributed by atoms with Crippen LogP contribution >= 0.6 is 0 Å². The van der Waals surface area contributed by atoms with Crippen molar-refractivity contribution in [2.45, 2.75) is 38.8 Å². The average Bonchev–Trinajstić information content (AvgIpc) is 2.10. The number of rotatable bonds is 5. The maximum absolute atomic E-state index is 11.2. The van der Waals surface area contributed by atoms with Gasteiger partial charge in [-0.2, -0.15) is 0 Å². The number of aliphatic hydroxyl groups excluding tert-OH is 1. The van der Waals surface area contributed by atoms with Crippen LogP contribution in [0.2, 0.25) is 0 Å². The van der Waals surface area contributed by atoms with Crippen molar-refractivity contribution in [2.24, 2.45) is 5.92 Å². The molecule has 1 unspecified atom stereocenters. The maximum atomic E-state index is 11.2. The third-order valence-corrected chi connectivity index (χ3v) is 2.56. The number of hydrogen-bond donors (Lipinski definition) is 2. The number of aliphatic hydroxyl groups is 1. The van der Waals surface area contributed by atoms with E-state index in [0.29, 0.717) is 12.5 Å². The van der Waals surface area contributed by atoms with E-state index in [9.17, 15) is 4.79 Å². The van der Waals surface area contributed by atoms with Gasteiger partial charge in [0.15, 0.2) is 0 Å². The summed E-state index contributed by atoms with van der Waals surface area (Å²) in [6.07, 6.45) is 1.57. The maximum Gasteiger partial charge on any atom is 0.322 e. The molecular weight excluding hydrogens is 182 g/mol. The normalized spacial score (nSPS) is 27.9. The lowest BCUT2D eigenvalue weighted by Gasteiger charge is -2.32. The van der Waals surface area contributed by atoms with Crippen molar-refractivity contribution in [1.82, 2.24) is 5.32 Å². The quantitative estimate of drug-likeness (QED) is 0.628. The Hall–Kier alpha value is -0.610. The highest BCUT2D eigenvalue weighted by Crippen LogP contribution is 2.26. The number of esters is 1. The molecule has 0 aromatic carbocycles. The van der Waals surface area contributed by atoms with Gasteiger partial charge in [0, 0.05) is 0 Å². The topological polar surface area (TPSA) is 58.6 Å². The molecule has 0 spiro atoms. The molecule has 0 saturated heterocycles. The molecule has 4 nitrogen and oxygen atoms in total. The summed E-state index contributed by atoms with van der Waals surface area (Å²) in [5.74, 6) is 0.314. The van der Waals surface area contributed by atoms with Gasteiger partial charge in [0.25, 0.3) is 0 Å². The molecule has 0 radical (unpaired) electrons. The highest BCUT2D eigenvalue weighted by Gasteiger charge is 2.27. The molecule has 0 bridgehead atoms. The zero-order chi connectivity index (χ0) is 10.6. The SMILES string of the molecule is CCOC(=O)C(C)NCC1CC(O)C1. The Morgan fingerprint density at radius 3 is 2.79 bits per heavy atom. The molecule has 0 amide bonds. The Balaban J connectivity index is 2.08. The summed E-state index contributed by atoms with van der Waals surface area (Å²) in [5.41, 5.74) is 0. The first-order valence-electron chi connectivity index (χ1n) is 5.21. The van der Waals surface area contributed by atoms with Crippen LogP contribution in [0.3, 0.4) is 0 Å². The predicted molar refractivity (Wildman–Crippen MR) is 52.8 cm³/mol. The minimum atomic E-state index is -0.243. The number of carbonyl (C=O) groups excluding carboxylic acids is 1. The number of ether oxygens (including phenoxy) is 1. The van der Waals surface area contributed by atoms with E-state index < -0.39 is 0 Å². The van der Waals surface area contributed by atoms with Gasteiger partial charge in [0.1, 0.15) is 6.04 Å².